The van der Waals surface area contributed by atoms with Crippen molar-refractivity contribution in [3.63, 3.8) is 0 Å². The van der Waals surface area contributed by atoms with E-state index in [-0.39, 0.29) is 31.9 Å². The molecular formula is C58H51IrN3OSi-2. The van der Waals surface area contributed by atoms with Gasteiger partial charge in [-0.2, -0.15) is 0 Å². The first-order valence-electron chi connectivity index (χ1n) is 22.2. The van der Waals surface area contributed by atoms with Crippen LogP contribution in [-0.4, -0.2) is 22.6 Å². The zero-order valence-corrected chi connectivity index (χ0v) is 40.6. The Morgan fingerprint density at radius 2 is 1.31 bits per heavy atom. The van der Waals surface area contributed by atoms with Crippen LogP contribution in [0.3, 0.4) is 0 Å². The summed E-state index contributed by atoms with van der Waals surface area (Å²) in [5.41, 5.74) is 18.5. The molecule has 1 aliphatic rings. The van der Waals surface area contributed by atoms with Gasteiger partial charge in [0.15, 0.2) is 0 Å². The average molecular weight is 1030 g/mol. The third-order valence-electron chi connectivity index (χ3n) is 12.5. The van der Waals surface area contributed by atoms with Crippen molar-refractivity contribution in [3.05, 3.63) is 198 Å². The minimum absolute atomic E-state index is 0. The van der Waals surface area contributed by atoms with E-state index in [1.807, 2.05) is 48.5 Å². The van der Waals surface area contributed by atoms with Crippen LogP contribution < -0.4 is 0 Å². The normalized spacial score (nSPS) is 13.0. The van der Waals surface area contributed by atoms with Gasteiger partial charge < -0.3 is 14.0 Å². The smallest absolute Gasteiger partial charge is 0.121 e. The Balaban J connectivity index is 0.000000345. The van der Waals surface area contributed by atoms with Gasteiger partial charge in [0.05, 0.1) is 30.5 Å². The number of furan rings is 1. The van der Waals surface area contributed by atoms with Gasteiger partial charge >= 0.3 is 0 Å². The number of nitrogens with zero attached hydrogens (tertiary/aromatic N) is 3. The predicted molar refractivity (Wildman–Crippen MR) is 265 cm³/mol. The Morgan fingerprint density at radius 1 is 0.609 bits per heavy atom. The minimum Gasteiger partial charge on any atom is -0.501 e. The summed E-state index contributed by atoms with van der Waals surface area (Å²) in [6.45, 7) is 14.3. The molecule has 0 atom stereocenters. The molecule has 0 amide bonds. The molecule has 0 bridgehead atoms. The van der Waals surface area contributed by atoms with Gasteiger partial charge in [-0.15, -0.1) is 54.1 Å². The first-order valence-corrected chi connectivity index (χ1v) is 25.6. The first-order chi connectivity index (χ1) is 30.6. The molecule has 10 aromatic rings. The second-order valence-electron chi connectivity index (χ2n) is 18.3. The van der Waals surface area contributed by atoms with E-state index in [1.54, 1.807) is 17.3 Å². The van der Waals surface area contributed by atoms with Crippen LogP contribution >= 0.6 is 0 Å². The summed E-state index contributed by atoms with van der Waals surface area (Å²) in [4.78, 5) is 9.57. The number of fused-ring (bicyclic) bond motifs is 5. The number of rotatable bonds is 7. The quantitative estimate of drug-likeness (QED) is 0.118. The molecule has 319 valence electrons. The van der Waals surface area contributed by atoms with Crippen LogP contribution in [0.1, 0.15) is 61.8 Å². The number of pyridine rings is 1. The molecule has 0 saturated heterocycles. The SMILES string of the molecule is CC(C)c1cc(-c2ccc3c(c2)C[Si](C)(C)C3)cc(C(C)C)c1-n1c(-c2[c-]ccc3c2oc2cc(-c4ccccc4)ccc23)nc2ccccc21.[Ir].[c-]1ccccc1-c1ccccn1. The van der Waals surface area contributed by atoms with Crippen LogP contribution in [0.5, 0.6) is 0 Å². The molecule has 0 unspecified atom stereocenters. The van der Waals surface area contributed by atoms with E-state index in [4.69, 9.17) is 9.40 Å². The molecule has 0 fully saturated rings. The van der Waals surface area contributed by atoms with Crippen molar-refractivity contribution >= 4 is 41.0 Å². The van der Waals surface area contributed by atoms with Gasteiger partial charge in [0, 0.05) is 37.4 Å². The van der Waals surface area contributed by atoms with Crippen molar-refractivity contribution in [3.8, 4) is 50.6 Å². The largest absolute Gasteiger partial charge is 0.501 e. The summed E-state index contributed by atoms with van der Waals surface area (Å²) in [6.07, 6.45) is 1.79. The number of benzene rings is 7. The number of hydrogen-bond acceptors (Lipinski definition) is 3. The zero-order valence-electron chi connectivity index (χ0n) is 37.2. The van der Waals surface area contributed by atoms with Crippen LogP contribution in [0.4, 0.5) is 0 Å². The predicted octanol–water partition coefficient (Wildman–Crippen LogP) is 15.4. The maximum absolute atomic E-state index is 6.79. The Labute approximate surface area is 391 Å². The van der Waals surface area contributed by atoms with Crippen LogP contribution in [-0.2, 0) is 32.2 Å². The van der Waals surface area contributed by atoms with Crippen LogP contribution in [0, 0.1) is 12.1 Å². The molecule has 64 heavy (non-hydrogen) atoms. The van der Waals surface area contributed by atoms with Crippen molar-refractivity contribution < 1.29 is 24.5 Å². The van der Waals surface area contributed by atoms with E-state index in [0.717, 1.165) is 61.2 Å². The Bertz CT molecular complexity index is 3190. The van der Waals surface area contributed by atoms with Crippen molar-refractivity contribution in [1.82, 2.24) is 14.5 Å². The van der Waals surface area contributed by atoms with Gasteiger partial charge in [0.1, 0.15) is 5.58 Å². The zero-order chi connectivity index (χ0) is 43.2. The fourth-order valence-electron chi connectivity index (χ4n) is 9.43. The molecule has 4 heterocycles. The van der Waals surface area contributed by atoms with Crippen molar-refractivity contribution in [2.75, 3.05) is 0 Å². The first kappa shape index (κ1) is 43.1. The minimum atomic E-state index is -1.21. The molecule has 3 aromatic heterocycles. The molecule has 6 heteroatoms. The summed E-state index contributed by atoms with van der Waals surface area (Å²) in [5.74, 6) is 1.43. The van der Waals surface area contributed by atoms with E-state index in [0.29, 0.717) is 0 Å². The summed E-state index contributed by atoms with van der Waals surface area (Å²) in [7, 11) is -1.21. The monoisotopic (exact) mass is 1030 g/mol. The summed E-state index contributed by atoms with van der Waals surface area (Å²) in [5, 5.41) is 2.17. The standard InChI is InChI=1S/C47H43N2OSi.C11H8N.Ir/c1-29(2)40-24-35(32-19-20-34-27-51(5,6)28-36(34)23-32)25-41(30(3)4)45(40)49-43-18-11-10-17-42(43)48-47(49)39-16-12-15-38-37-22-21-33(26-44(37)50-46(38)39)31-13-8-7-9-14-31;1-2-6-10(7-3-1)11-8-4-5-9-12-11;/h7-15,17-26,29-30H,27-28H2,1-6H3;1-6,8-9H;/q2*-1;. The molecule has 1 radical (unpaired) electrons. The fraction of sp³-hybridized carbons (Fsp3) is 0.172. The molecule has 4 nitrogen and oxygen atoms in total. The van der Waals surface area contributed by atoms with Crippen molar-refractivity contribution in [2.24, 2.45) is 0 Å². The molecule has 0 aliphatic carbocycles. The summed E-state index contributed by atoms with van der Waals surface area (Å²) in [6, 6.07) is 64.8. The number of hydrogen-bond donors (Lipinski definition) is 0. The Hall–Kier alpha value is -6.17. The van der Waals surface area contributed by atoms with Gasteiger partial charge in [-0.05, 0) is 111 Å². The Kier molecular flexibility index (Phi) is 12.0. The van der Waals surface area contributed by atoms with Gasteiger partial charge in [0.25, 0.3) is 0 Å². The van der Waals surface area contributed by atoms with Crippen molar-refractivity contribution in [1.29, 1.82) is 0 Å². The van der Waals surface area contributed by atoms with Gasteiger partial charge in [0.2, 0.25) is 0 Å². The van der Waals surface area contributed by atoms with Crippen LogP contribution in [0.25, 0.3) is 83.6 Å². The molecule has 0 N–H and O–H groups in total. The third kappa shape index (κ3) is 8.23. The van der Waals surface area contributed by atoms with E-state index in [1.165, 1.54) is 45.6 Å². The van der Waals surface area contributed by atoms with E-state index >= 15 is 0 Å². The van der Waals surface area contributed by atoms with Gasteiger partial charge in [-0.25, -0.2) is 0 Å². The second-order valence-corrected chi connectivity index (χ2v) is 23.4. The van der Waals surface area contributed by atoms with E-state index < -0.39 is 8.07 Å². The van der Waals surface area contributed by atoms with Gasteiger partial charge in [-0.3, -0.25) is 4.98 Å². The fourth-order valence-corrected chi connectivity index (χ4v) is 12.3. The second kappa shape index (κ2) is 17.8. The number of aromatic nitrogens is 3. The van der Waals surface area contributed by atoms with E-state index in [9.17, 15) is 0 Å². The third-order valence-corrected chi connectivity index (χ3v) is 15.2. The molecular weight excluding hydrogens is 975 g/mol. The Morgan fingerprint density at radius 3 is 2.05 bits per heavy atom. The number of para-hydroxylation sites is 2. The van der Waals surface area contributed by atoms with Crippen molar-refractivity contribution in [2.45, 2.75) is 64.7 Å². The maximum atomic E-state index is 6.79. The molecule has 11 rings (SSSR count). The topological polar surface area (TPSA) is 43.9 Å². The number of imidazole rings is 1. The van der Waals surface area contributed by atoms with Crippen LogP contribution in [0.15, 0.2) is 168 Å². The molecule has 1 aliphatic heterocycles. The van der Waals surface area contributed by atoms with E-state index in [2.05, 4.69) is 172 Å². The molecule has 0 spiro atoms. The molecule has 7 aromatic carbocycles. The summed E-state index contributed by atoms with van der Waals surface area (Å²) < 4.78 is 9.19. The summed E-state index contributed by atoms with van der Waals surface area (Å²) >= 11 is 0. The van der Waals surface area contributed by atoms with Gasteiger partial charge in [-0.1, -0.05) is 137 Å². The molecule has 0 saturated carbocycles. The maximum Gasteiger partial charge on any atom is 0.121 e. The van der Waals surface area contributed by atoms with Crippen LogP contribution in [0.2, 0.25) is 13.1 Å². The average Bonchev–Trinajstić information content (AvgIpc) is 3.98.